The van der Waals surface area contributed by atoms with Crippen LogP contribution < -0.4 is 4.90 Å². The SMILES string of the molecule is CCN(Cc1cccc(F)c1Br)c1ccccc1. The van der Waals surface area contributed by atoms with Gasteiger partial charge in [0.05, 0.1) is 4.47 Å². The fourth-order valence-electron chi connectivity index (χ4n) is 1.90. The number of benzene rings is 2. The van der Waals surface area contributed by atoms with Gasteiger partial charge in [-0.3, -0.25) is 0 Å². The summed E-state index contributed by atoms with van der Waals surface area (Å²) in [6.07, 6.45) is 0. The Kier molecular flexibility index (Phi) is 4.37. The van der Waals surface area contributed by atoms with Crippen molar-refractivity contribution in [3.63, 3.8) is 0 Å². The highest BCUT2D eigenvalue weighted by Gasteiger charge is 2.09. The summed E-state index contributed by atoms with van der Waals surface area (Å²) in [5.74, 6) is -0.211. The molecule has 0 aromatic heterocycles. The zero-order valence-electron chi connectivity index (χ0n) is 10.2. The van der Waals surface area contributed by atoms with Gasteiger partial charge in [-0.1, -0.05) is 30.3 Å². The maximum absolute atomic E-state index is 13.5. The van der Waals surface area contributed by atoms with Gasteiger partial charge < -0.3 is 4.90 Å². The lowest BCUT2D eigenvalue weighted by Gasteiger charge is -2.23. The van der Waals surface area contributed by atoms with Crippen LogP contribution in [-0.2, 0) is 6.54 Å². The van der Waals surface area contributed by atoms with E-state index in [1.165, 1.54) is 6.07 Å². The lowest BCUT2D eigenvalue weighted by molar-refractivity contribution is 0.617. The van der Waals surface area contributed by atoms with Gasteiger partial charge in [0, 0.05) is 18.8 Å². The van der Waals surface area contributed by atoms with Gasteiger partial charge in [-0.15, -0.1) is 0 Å². The summed E-state index contributed by atoms with van der Waals surface area (Å²) in [5, 5.41) is 0. The molecule has 0 heterocycles. The predicted molar refractivity (Wildman–Crippen MR) is 77.3 cm³/mol. The molecule has 1 nitrogen and oxygen atoms in total. The van der Waals surface area contributed by atoms with Crippen LogP contribution in [0.3, 0.4) is 0 Å². The lowest BCUT2D eigenvalue weighted by Crippen LogP contribution is -2.22. The van der Waals surface area contributed by atoms with Crippen molar-refractivity contribution in [3.8, 4) is 0 Å². The van der Waals surface area contributed by atoms with Crippen molar-refractivity contribution in [1.82, 2.24) is 0 Å². The molecule has 0 aliphatic rings. The van der Waals surface area contributed by atoms with Gasteiger partial charge >= 0.3 is 0 Å². The van der Waals surface area contributed by atoms with Crippen molar-refractivity contribution < 1.29 is 4.39 Å². The Labute approximate surface area is 115 Å². The topological polar surface area (TPSA) is 3.24 Å². The zero-order chi connectivity index (χ0) is 13.0. The molecule has 2 aromatic rings. The van der Waals surface area contributed by atoms with E-state index in [2.05, 4.69) is 39.9 Å². The smallest absolute Gasteiger partial charge is 0.137 e. The molecule has 0 unspecified atom stereocenters. The minimum absolute atomic E-state index is 0.211. The standard InChI is InChI=1S/C15H15BrFN/c1-2-18(13-8-4-3-5-9-13)11-12-7-6-10-14(17)15(12)16/h3-10H,2,11H2,1H3. The second kappa shape index (κ2) is 6.01. The summed E-state index contributed by atoms with van der Waals surface area (Å²) in [5.41, 5.74) is 2.11. The second-order valence-electron chi connectivity index (χ2n) is 4.06. The highest BCUT2D eigenvalue weighted by molar-refractivity contribution is 9.10. The number of nitrogens with zero attached hydrogens (tertiary/aromatic N) is 1. The number of anilines is 1. The first-order valence-corrected chi connectivity index (χ1v) is 6.74. The first kappa shape index (κ1) is 13.1. The molecule has 0 fully saturated rings. The maximum Gasteiger partial charge on any atom is 0.137 e. The maximum atomic E-state index is 13.5. The Bertz CT molecular complexity index is 513. The second-order valence-corrected chi connectivity index (χ2v) is 4.86. The van der Waals surface area contributed by atoms with Crippen molar-refractivity contribution in [2.75, 3.05) is 11.4 Å². The minimum Gasteiger partial charge on any atom is -0.367 e. The normalized spacial score (nSPS) is 10.4. The van der Waals surface area contributed by atoms with Gasteiger partial charge in [0.15, 0.2) is 0 Å². The summed E-state index contributed by atoms with van der Waals surface area (Å²) >= 11 is 3.31. The Morgan fingerprint density at radius 1 is 1.06 bits per heavy atom. The Balaban J connectivity index is 2.24. The van der Waals surface area contributed by atoms with E-state index in [9.17, 15) is 4.39 Å². The molecule has 0 radical (unpaired) electrons. The average Bonchev–Trinajstić information content (AvgIpc) is 2.41. The predicted octanol–water partition coefficient (Wildman–Crippen LogP) is 4.61. The molecule has 0 N–H and O–H groups in total. The molecule has 94 valence electrons. The van der Waals surface area contributed by atoms with Gasteiger partial charge in [0.2, 0.25) is 0 Å². The summed E-state index contributed by atoms with van der Waals surface area (Å²) in [6, 6.07) is 15.3. The van der Waals surface area contributed by atoms with Gasteiger partial charge in [0.1, 0.15) is 5.82 Å². The first-order chi connectivity index (χ1) is 8.72. The molecule has 0 spiro atoms. The molecule has 18 heavy (non-hydrogen) atoms. The van der Waals surface area contributed by atoms with Crippen LogP contribution in [0.5, 0.6) is 0 Å². The molecule has 0 aliphatic carbocycles. The number of hydrogen-bond donors (Lipinski definition) is 0. The summed E-state index contributed by atoms with van der Waals surface area (Å²) in [7, 11) is 0. The van der Waals surface area contributed by atoms with Gasteiger partial charge in [-0.2, -0.15) is 0 Å². The van der Waals surface area contributed by atoms with Crippen LogP contribution in [0.1, 0.15) is 12.5 Å². The van der Waals surface area contributed by atoms with E-state index in [-0.39, 0.29) is 5.82 Å². The fourth-order valence-corrected chi connectivity index (χ4v) is 2.29. The summed E-state index contributed by atoms with van der Waals surface area (Å²) < 4.78 is 14.0. The van der Waals surface area contributed by atoms with Gasteiger partial charge in [-0.05, 0) is 46.6 Å². The molecule has 2 aromatic carbocycles. The number of para-hydroxylation sites is 1. The molecular formula is C15H15BrFN. The number of halogens is 2. The van der Waals surface area contributed by atoms with E-state index in [0.717, 1.165) is 17.8 Å². The van der Waals surface area contributed by atoms with Crippen LogP contribution >= 0.6 is 15.9 Å². The zero-order valence-corrected chi connectivity index (χ0v) is 11.8. The van der Waals surface area contributed by atoms with Crippen LogP contribution in [0.2, 0.25) is 0 Å². The van der Waals surface area contributed by atoms with Gasteiger partial charge in [-0.25, -0.2) is 4.39 Å². The van der Waals surface area contributed by atoms with Crippen molar-refractivity contribution in [1.29, 1.82) is 0 Å². The van der Waals surface area contributed by atoms with E-state index in [1.807, 2.05) is 24.3 Å². The highest BCUT2D eigenvalue weighted by atomic mass is 79.9. The Morgan fingerprint density at radius 3 is 2.44 bits per heavy atom. The molecule has 0 bridgehead atoms. The Morgan fingerprint density at radius 2 is 1.78 bits per heavy atom. The third-order valence-corrected chi connectivity index (χ3v) is 3.78. The van der Waals surface area contributed by atoms with E-state index >= 15 is 0 Å². The minimum atomic E-state index is -0.211. The Hall–Kier alpha value is -1.35. The molecule has 0 aliphatic heterocycles. The molecule has 2 rings (SSSR count). The van der Waals surface area contributed by atoms with E-state index < -0.39 is 0 Å². The molecular weight excluding hydrogens is 293 g/mol. The van der Waals surface area contributed by atoms with Crippen LogP contribution in [0.15, 0.2) is 53.0 Å². The lowest BCUT2D eigenvalue weighted by atomic mass is 10.2. The van der Waals surface area contributed by atoms with Crippen molar-refractivity contribution in [2.45, 2.75) is 13.5 Å². The first-order valence-electron chi connectivity index (χ1n) is 5.95. The van der Waals surface area contributed by atoms with Crippen LogP contribution in [0, 0.1) is 5.82 Å². The monoisotopic (exact) mass is 307 g/mol. The van der Waals surface area contributed by atoms with Crippen LogP contribution in [0.4, 0.5) is 10.1 Å². The van der Waals surface area contributed by atoms with Gasteiger partial charge in [0.25, 0.3) is 0 Å². The van der Waals surface area contributed by atoms with E-state index in [4.69, 9.17) is 0 Å². The fraction of sp³-hybridized carbons (Fsp3) is 0.200. The quantitative estimate of drug-likeness (QED) is 0.797. The van der Waals surface area contributed by atoms with Crippen molar-refractivity contribution in [3.05, 3.63) is 64.4 Å². The van der Waals surface area contributed by atoms with E-state index in [1.54, 1.807) is 6.07 Å². The molecule has 3 heteroatoms. The summed E-state index contributed by atoms with van der Waals surface area (Å²) in [6.45, 7) is 3.67. The average molecular weight is 308 g/mol. The third kappa shape index (κ3) is 2.91. The molecule has 0 amide bonds. The van der Waals surface area contributed by atoms with Crippen LogP contribution in [-0.4, -0.2) is 6.54 Å². The summed E-state index contributed by atoms with van der Waals surface area (Å²) in [4.78, 5) is 2.21. The van der Waals surface area contributed by atoms with E-state index in [0.29, 0.717) is 11.0 Å². The molecule has 0 saturated carbocycles. The number of rotatable bonds is 4. The third-order valence-electron chi connectivity index (χ3n) is 2.90. The largest absolute Gasteiger partial charge is 0.367 e. The van der Waals surface area contributed by atoms with Crippen molar-refractivity contribution in [2.24, 2.45) is 0 Å². The molecule has 0 atom stereocenters. The molecule has 0 saturated heterocycles. The van der Waals surface area contributed by atoms with Crippen LogP contribution in [0.25, 0.3) is 0 Å². The number of hydrogen-bond acceptors (Lipinski definition) is 1. The van der Waals surface area contributed by atoms with Crippen molar-refractivity contribution >= 4 is 21.6 Å². The highest BCUT2D eigenvalue weighted by Crippen LogP contribution is 2.24.